The molecule has 0 saturated carbocycles. The molecule has 1 aromatic carbocycles. The molecule has 0 amide bonds. The zero-order valence-corrected chi connectivity index (χ0v) is 8.94. The van der Waals surface area contributed by atoms with Gasteiger partial charge in [0, 0.05) is 25.6 Å². The summed E-state index contributed by atoms with van der Waals surface area (Å²) in [5, 5.41) is 0. The fourth-order valence-corrected chi connectivity index (χ4v) is 2.24. The number of benzene rings is 1. The molecule has 1 radical (unpaired) electrons. The molecule has 0 unspecified atom stereocenters. The van der Waals surface area contributed by atoms with Crippen molar-refractivity contribution in [2.24, 2.45) is 0 Å². The molecule has 16 heavy (non-hydrogen) atoms. The van der Waals surface area contributed by atoms with Crippen LogP contribution in [0.3, 0.4) is 0 Å². The number of hydrogen-bond donors (Lipinski definition) is 0. The molecule has 1 heterocycles. The van der Waals surface area contributed by atoms with E-state index in [2.05, 4.69) is 23.1 Å². The molecule has 0 spiro atoms. The van der Waals surface area contributed by atoms with Crippen LogP contribution in [0.15, 0.2) is 42.1 Å². The maximum absolute atomic E-state index is 11.7. The minimum atomic E-state index is 0.176. The summed E-state index contributed by atoms with van der Waals surface area (Å²) >= 11 is 0. The van der Waals surface area contributed by atoms with Crippen LogP contribution < -0.4 is 0 Å². The van der Waals surface area contributed by atoms with Crippen LogP contribution in [0, 0.1) is 6.08 Å². The molecule has 0 fully saturated rings. The molecule has 1 aromatic rings. The smallest absolute Gasteiger partial charge is 0.183 e. The first kappa shape index (κ1) is 9.40. The van der Waals surface area contributed by atoms with Gasteiger partial charge < -0.3 is 4.90 Å². The fraction of sp³-hybridized carbons (Fsp3) is 0.214. The Labute approximate surface area is 94.9 Å². The van der Waals surface area contributed by atoms with Gasteiger partial charge in [0.25, 0.3) is 0 Å². The number of allylic oxidation sites excluding steroid dienone is 4. The summed E-state index contributed by atoms with van der Waals surface area (Å²) in [6, 6.07) is 8.34. The third kappa shape index (κ3) is 1.47. The average molecular weight is 210 g/mol. The van der Waals surface area contributed by atoms with Crippen molar-refractivity contribution in [1.82, 2.24) is 4.90 Å². The van der Waals surface area contributed by atoms with Crippen LogP contribution in [0.4, 0.5) is 0 Å². The Balaban J connectivity index is 1.88. The van der Waals surface area contributed by atoms with Crippen LogP contribution in [0.1, 0.15) is 17.5 Å². The van der Waals surface area contributed by atoms with Crippen LogP contribution in [0.2, 0.25) is 0 Å². The van der Waals surface area contributed by atoms with Crippen molar-refractivity contribution in [1.29, 1.82) is 0 Å². The lowest BCUT2D eigenvalue weighted by molar-refractivity contribution is -0.116. The first-order valence-electron chi connectivity index (χ1n) is 5.48. The molecule has 0 saturated heterocycles. The van der Waals surface area contributed by atoms with E-state index in [1.807, 2.05) is 24.3 Å². The van der Waals surface area contributed by atoms with E-state index in [0.717, 1.165) is 18.8 Å². The Kier molecular flexibility index (Phi) is 2.13. The summed E-state index contributed by atoms with van der Waals surface area (Å²) in [4.78, 5) is 13.8. The lowest BCUT2D eigenvalue weighted by Crippen LogP contribution is -2.23. The second-order valence-corrected chi connectivity index (χ2v) is 4.15. The van der Waals surface area contributed by atoms with Crippen molar-refractivity contribution >= 4 is 5.78 Å². The highest BCUT2D eigenvalue weighted by atomic mass is 16.1. The van der Waals surface area contributed by atoms with Crippen LogP contribution in [0.25, 0.3) is 0 Å². The topological polar surface area (TPSA) is 20.3 Å². The van der Waals surface area contributed by atoms with Gasteiger partial charge in [-0.05, 0) is 11.1 Å². The largest absolute Gasteiger partial charge is 0.359 e. The van der Waals surface area contributed by atoms with Crippen molar-refractivity contribution in [2.45, 2.75) is 19.5 Å². The first-order chi connectivity index (χ1) is 7.84. The van der Waals surface area contributed by atoms with Gasteiger partial charge in [-0.15, -0.1) is 0 Å². The van der Waals surface area contributed by atoms with E-state index >= 15 is 0 Å². The fourth-order valence-electron chi connectivity index (χ4n) is 2.24. The highest BCUT2D eigenvalue weighted by Gasteiger charge is 2.24. The first-order valence-corrected chi connectivity index (χ1v) is 5.48. The van der Waals surface area contributed by atoms with Gasteiger partial charge >= 0.3 is 0 Å². The van der Waals surface area contributed by atoms with E-state index in [1.54, 1.807) is 0 Å². The van der Waals surface area contributed by atoms with E-state index in [0.29, 0.717) is 6.42 Å². The van der Waals surface area contributed by atoms with Crippen molar-refractivity contribution in [3.63, 3.8) is 0 Å². The van der Waals surface area contributed by atoms with Gasteiger partial charge in [0.15, 0.2) is 5.78 Å². The van der Waals surface area contributed by atoms with E-state index in [9.17, 15) is 4.79 Å². The predicted molar refractivity (Wildman–Crippen MR) is 61.2 cm³/mol. The number of hydrogen-bond acceptors (Lipinski definition) is 2. The predicted octanol–water partition coefficient (Wildman–Crippen LogP) is 2.22. The number of Topliss-reactive ketones (excluding diaryl/α,β-unsaturated/α-hetero) is 1. The Morgan fingerprint density at radius 2 is 1.81 bits per heavy atom. The van der Waals surface area contributed by atoms with E-state index in [4.69, 9.17) is 0 Å². The van der Waals surface area contributed by atoms with Gasteiger partial charge in [-0.25, -0.2) is 0 Å². The van der Waals surface area contributed by atoms with Crippen molar-refractivity contribution in [2.75, 3.05) is 0 Å². The number of nitrogens with zero attached hydrogens (tertiary/aromatic N) is 1. The Morgan fingerprint density at radius 1 is 1.12 bits per heavy atom. The molecule has 1 aliphatic carbocycles. The SMILES string of the molecule is O=C1CC=C[C]=C1N1Cc2ccccc2C1. The number of fused-ring (bicyclic) bond motifs is 1. The molecule has 2 heteroatoms. The van der Waals surface area contributed by atoms with Crippen molar-refractivity contribution in [3.05, 3.63) is 59.3 Å². The molecular weight excluding hydrogens is 198 g/mol. The maximum atomic E-state index is 11.7. The summed E-state index contributed by atoms with van der Waals surface area (Å²) in [5.41, 5.74) is 3.37. The molecule has 0 bridgehead atoms. The summed E-state index contributed by atoms with van der Waals surface area (Å²) < 4.78 is 0. The molecular formula is C14H12NO. The molecule has 0 aromatic heterocycles. The highest BCUT2D eigenvalue weighted by molar-refractivity contribution is 5.96. The molecule has 0 atom stereocenters. The monoisotopic (exact) mass is 210 g/mol. The standard InChI is InChI=1S/C14H12NO/c16-14-8-4-3-7-13(14)15-9-11-5-1-2-6-12(11)10-15/h1-6H,8-10H2. The van der Waals surface area contributed by atoms with Crippen LogP contribution in [-0.2, 0) is 17.9 Å². The van der Waals surface area contributed by atoms with Crippen molar-refractivity contribution in [3.8, 4) is 0 Å². The van der Waals surface area contributed by atoms with Crippen LogP contribution >= 0.6 is 0 Å². The van der Waals surface area contributed by atoms with Gasteiger partial charge in [-0.3, -0.25) is 4.79 Å². The van der Waals surface area contributed by atoms with Gasteiger partial charge in [-0.2, -0.15) is 0 Å². The lowest BCUT2D eigenvalue weighted by Gasteiger charge is -2.20. The number of carbonyl (C=O) groups excluding carboxylic acids is 1. The summed E-state index contributed by atoms with van der Waals surface area (Å²) in [7, 11) is 0. The van der Waals surface area contributed by atoms with Crippen LogP contribution in [-0.4, -0.2) is 10.7 Å². The molecule has 1 aliphatic heterocycles. The zero-order chi connectivity index (χ0) is 11.0. The average Bonchev–Trinajstić information content (AvgIpc) is 2.73. The molecule has 79 valence electrons. The molecule has 3 rings (SSSR count). The third-order valence-corrected chi connectivity index (χ3v) is 3.06. The number of ketones is 1. The Bertz CT molecular complexity index is 474. The normalized spacial score (nSPS) is 18.6. The summed E-state index contributed by atoms with van der Waals surface area (Å²) in [6.07, 6.45) is 7.27. The number of carbonyl (C=O) groups is 1. The number of rotatable bonds is 1. The van der Waals surface area contributed by atoms with Gasteiger partial charge in [-0.1, -0.05) is 36.4 Å². The minimum absolute atomic E-state index is 0.176. The highest BCUT2D eigenvalue weighted by Crippen LogP contribution is 2.27. The van der Waals surface area contributed by atoms with Gasteiger partial charge in [0.05, 0.1) is 5.70 Å². The van der Waals surface area contributed by atoms with Gasteiger partial charge in [0.2, 0.25) is 0 Å². The maximum Gasteiger partial charge on any atom is 0.183 e. The second-order valence-electron chi connectivity index (χ2n) is 4.15. The van der Waals surface area contributed by atoms with Crippen molar-refractivity contribution < 1.29 is 4.79 Å². The van der Waals surface area contributed by atoms with E-state index in [-0.39, 0.29) is 5.78 Å². The molecule has 0 N–H and O–H groups in total. The Morgan fingerprint density at radius 3 is 2.44 bits per heavy atom. The second kappa shape index (κ2) is 3.63. The molecule has 2 aliphatic rings. The Hall–Kier alpha value is -1.83. The quantitative estimate of drug-likeness (QED) is 0.708. The van der Waals surface area contributed by atoms with E-state index in [1.165, 1.54) is 11.1 Å². The summed E-state index contributed by atoms with van der Waals surface area (Å²) in [6.45, 7) is 1.66. The third-order valence-electron chi connectivity index (χ3n) is 3.06. The van der Waals surface area contributed by atoms with E-state index < -0.39 is 0 Å². The summed E-state index contributed by atoms with van der Waals surface area (Å²) in [5.74, 6) is 0.176. The van der Waals surface area contributed by atoms with Gasteiger partial charge in [0.1, 0.15) is 0 Å². The van der Waals surface area contributed by atoms with Crippen LogP contribution in [0.5, 0.6) is 0 Å². The lowest BCUT2D eigenvalue weighted by atomic mass is 10.1. The molecule has 2 nitrogen and oxygen atoms in total. The minimum Gasteiger partial charge on any atom is -0.359 e. The zero-order valence-electron chi connectivity index (χ0n) is 8.94.